The first-order valence-electron chi connectivity index (χ1n) is 6.23. The van der Waals surface area contributed by atoms with Crippen LogP contribution in [0.15, 0.2) is 12.1 Å². The van der Waals surface area contributed by atoms with Crippen LogP contribution < -0.4 is 5.73 Å². The zero-order valence-electron chi connectivity index (χ0n) is 11.2. The maximum absolute atomic E-state index is 13.6. The van der Waals surface area contributed by atoms with Gasteiger partial charge in [-0.15, -0.1) is 0 Å². The molecule has 0 amide bonds. The molecule has 1 atom stereocenters. The number of halogens is 2. The number of hydrogen-bond donors (Lipinski definition) is 1. The van der Waals surface area contributed by atoms with E-state index in [0.717, 1.165) is 6.07 Å². The SMILES string of the molecule is COC(=O)CCCCC(N)c1cc(C)c(F)cc1F. The van der Waals surface area contributed by atoms with E-state index in [1.165, 1.54) is 13.2 Å². The Balaban J connectivity index is 2.52. The Morgan fingerprint density at radius 2 is 2.00 bits per heavy atom. The molecule has 0 saturated carbocycles. The van der Waals surface area contributed by atoms with Crippen LogP contribution in [0.1, 0.15) is 42.9 Å². The van der Waals surface area contributed by atoms with Crippen molar-refractivity contribution in [2.45, 2.75) is 38.6 Å². The third-order valence-corrected chi connectivity index (χ3v) is 3.05. The molecule has 0 spiro atoms. The van der Waals surface area contributed by atoms with E-state index < -0.39 is 17.7 Å². The molecule has 0 radical (unpaired) electrons. The van der Waals surface area contributed by atoms with E-state index in [-0.39, 0.29) is 5.97 Å². The van der Waals surface area contributed by atoms with Crippen LogP contribution in [0, 0.1) is 18.6 Å². The van der Waals surface area contributed by atoms with Gasteiger partial charge in [-0.25, -0.2) is 8.78 Å². The summed E-state index contributed by atoms with van der Waals surface area (Å²) in [4.78, 5) is 10.9. The van der Waals surface area contributed by atoms with Crippen LogP contribution >= 0.6 is 0 Å². The Bertz CT molecular complexity index is 449. The largest absolute Gasteiger partial charge is 0.469 e. The zero-order valence-corrected chi connectivity index (χ0v) is 11.2. The lowest BCUT2D eigenvalue weighted by Gasteiger charge is -2.14. The van der Waals surface area contributed by atoms with Gasteiger partial charge in [0.15, 0.2) is 0 Å². The van der Waals surface area contributed by atoms with Gasteiger partial charge in [-0.3, -0.25) is 4.79 Å². The van der Waals surface area contributed by atoms with Crippen molar-refractivity contribution in [3.05, 3.63) is 34.9 Å². The Morgan fingerprint density at radius 3 is 2.63 bits per heavy atom. The van der Waals surface area contributed by atoms with Crippen LogP contribution in [0.4, 0.5) is 8.78 Å². The van der Waals surface area contributed by atoms with Gasteiger partial charge in [0.2, 0.25) is 0 Å². The number of rotatable bonds is 6. The van der Waals surface area contributed by atoms with Crippen molar-refractivity contribution in [3.8, 4) is 0 Å². The second kappa shape index (κ2) is 7.19. The topological polar surface area (TPSA) is 52.3 Å². The van der Waals surface area contributed by atoms with Crippen LogP contribution in [0.3, 0.4) is 0 Å². The molecule has 1 aromatic carbocycles. The average Bonchev–Trinajstić information content (AvgIpc) is 2.38. The quantitative estimate of drug-likeness (QED) is 0.639. The average molecular weight is 271 g/mol. The van der Waals surface area contributed by atoms with E-state index in [2.05, 4.69) is 4.74 Å². The summed E-state index contributed by atoms with van der Waals surface area (Å²) in [5.41, 5.74) is 6.58. The molecular formula is C14H19F2NO2. The van der Waals surface area contributed by atoms with Crippen molar-refractivity contribution in [2.24, 2.45) is 5.73 Å². The number of unbranched alkanes of at least 4 members (excludes halogenated alkanes) is 1. The number of benzene rings is 1. The Hall–Kier alpha value is -1.49. The second-order valence-electron chi connectivity index (χ2n) is 4.55. The van der Waals surface area contributed by atoms with Gasteiger partial charge < -0.3 is 10.5 Å². The van der Waals surface area contributed by atoms with Gasteiger partial charge in [-0.05, 0) is 31.4 Å². The Morgan fingerprint density at radius 1 is 1.32 bits per heavy atom. The van der Waals surface area contributed by atoms with Crippen molar-refractivity contribution >= 4 is 5.97 Å². The van der Waals surface area contributed by atoms with E-state index in [0.29, 0.717) is 36.8 Å². The number of carbonyl (C=O) groups is 1. The van der Waals surface area contributed by atoms with E-state index >= 15 is 0 Å². The van der Waals surface area contributed by atoms with Crippen LogP contribution in [0.5, 0.6) is 0 Å². The lowest BCUT2D eigenvalue weighted by molar-refractivity contribution is -0.140. The van der Waals surface area contributed by atoms with Crippen molar-refractivity contribution < 1.29 is 18.3 Å². The zero-order chi connectivity index (χ0) is 14.4. The van der Waals surface area contributed by atoms with Gasteiger partial charge in [0.25, 0.3) is 0 Å². The van der Waals surface area contributed by atoms with Crippen molar-refractivity contribution in [3.63, 3.8) is 0 Å². The van der Waals surface area contributed by atoms with Crippen molar-refractivity contribution in [1.82, 2.24) is 0 Å². The molecule has 1 rings (SSSR count). The van der Waals surface area contributed by atoms with Crippen molar-refractivity contribution in [2.75, 3.05) is 7.11 Å². The third kappa shape index (κ3) is 4.59. The summed E-state index contributed by atoms with van der Waals surface area (Å²) in [5.74, 6) is -1.46. The molecule has 0 fully saturated rings. The molecule has 5 heteroatoms. The summed E-state index contributed by atoms with van der Waals surface area (Å²) >= 11 is 0. The van der Waals surface area contributed by atoms with Gasteiger partial charge in [-0.2, -0.15) is 0 Å². The van der Waals surface area contributed by atoms with Crippen molar-refractivity contribution in [1.29, 1.82) is 0 Å². The molecular weight excluding hydrogens is 252 g/mol. The summed E-state index contributed by atoms with van der Waals surface area (Å²) in [6.07, 6.45) is 2.20. The fraction of sp³-hybridized carbons (Fsp3) is 0.500. The third-order valence-electron chi connectivity index (χ3n) is 3.05. The highest BCUT2D eigenvalue weighted by molar-refractivity contribution is 5.68. The number of carbonyl (C=O) groups excluding carboxylic acids is 1. The first-order valence-corrected chi connectivity index (χ1v) is 6.23. The first kappa shape index (κ1) is 15.6. The molecule has 0 aliphatic rings. The van der Waals surface area contributed by atoms with E-state index in [1.807, 2.05) is 0 Å². The summed E-state index contributed by atoms with van der Waals surface area (Å²) in [6.45, 7) is 1.57. The van der Waals surface area contributed by atoms with E-state index in [9.17, 15) is 13.6 Å². The lowest BCUT2D eigenvalue weighted by Crippen LogP contribution is -2.13. The van der Waals surface area contributed by atoms with E-state index in [4.69, 9.17) is 5.73 Å². The number of hydrogen-bond acceptors (Lipinski definition) is 3. The number of methoxy groups -OCH3 is 1. The molecule has 0 aliphatic heterocycles. The van der Waals surface area contributed by atoms with Gasteiger partial charge in [0, 0.05) is 24.1 Å². The smallest absolute Gasteiger partial charge is 0.305 e. The standard InChI is InChI=1S/C14H19F2NO2/c1-9-7-10(12(16)8-11(9)15)13(17)5-3-4-6-14(18)19-2/h7-8,13H,3-6,17H2,1-2H3. The minimum Gasteiger partial charge on any atom is -0.469 e. The minimum atomic E-state index is -0.622. The minimum absolute atomic E-state index is 0.266. The molecule has 1 unspecified atom stereocenters. The molecule has 0 heterocycles. The van der Waals surface area contributed by atoms with Crippen LogP contribution in [-0.4, -0.2) is 13.1 Å². The molecule has 19 heavy (non-hydrogen) atoms. The Labute approximate surface area is 111 Å². The Kier molecular flexibility index (Phi) is 5.89. The summed E-state index contributed by atoms with van der Waals surface area (Å²) in [5, 5.41) is 0. The van der Waals surface area contributed by atoms with Gasteiger partial charge in [-0.1, -0.05) is 6.42 Å². The highest BCUT2D eigenvalue weighted by Crippen LogP contribution is 2.23. The fourth-order valence-corrected chi connectivity index (χ4v) is 1.85. The number of ether oxygens (including phenoxy) is 1. The summed E-state index contributed by atoms with van der Waals surface area (Å²) in [6, 6.07) is 1.81. The van der Waals surface area contributed by atoms with Gasteiger partial charge in [0.1, 0.15) is 11.6 Å². The van der Waals surface area contributed by atoms with Gasteiger partial charge in [0.05, 0.1) is 7.11 Å². The van der Waals surface area contributed by atoms with Crippen LogP contribution in [0.2, 0.25) is 0 Å². The predicted octanol–water partition coefficient (Wildman–Crippen LogP) is 3.01. The number of nitrogens with two attached hydrogens (primary N) is 1. The maximum atomic E-state index is 13.6. The predicted molar refractivity (Wildman–Crippen MR) is 68.5 cm³/mol. The molecule has 1 aromatic rings. The maximum Gasteiger partial charge on any atom is 0.305 e. The molecule has 2 N–H and O–H groups in total. The molecule has 3 nitrogen and oxygen atoms in total. The molecule has 0 aliphatic carbocycles. The number of aryl methyl sites for hydroxylation is 1. The fourth-order valence-electron chi connectivity index (χ4n) is 1.85. The highest BCUT2D eigenvalue weighted by Gasteiger charge is 2.14. The molecule has 0 aromatic heterocycles. The first-order chi connectivity index (χ1) is 8.95. The second-order valence-corrected chi connectivity index (χ2v) is 4.55. The summed E-state index contributed by atoms with van der Waals surface area (Å²) < 4.78 is 31.2. The molecule has 106 valence electrons. The molecule has 0 bridgehead atoms. The van der Waals surface area contributed by atoms with Crippen LogP contribution in [-0.2, 0) is 9.53 Å². The lowest BCUT2D eigenvalue weighted by atomic mass is 9.99. The summed E-state index contributed by atoms with van der Waals surface area (Å²) in [7, 11) is 1.34. The highest BCUT2D eigenvalue weighted by atomic mass is 19.1. The van der Waals surface area contributed by atoms with Crippen LogP contribution in [0.25, 0.3) is 0 Å². The number of esters is 1. The van der Waals surface area contributed by atoms with Gasteiger partial charge >= 0.3 is 5.97 Å². The van der Waals surface area contributed by atoms with E-state index in [1.54, 1.807) is 6.92 Å². The molecule has 0 saturated heterocycles. The monoisotopic (exact) mass is 271 g/mol. The normalized spacial score (nSPS) is 12.3.